The Morgan fingerprint density at radius 3 is 2.23 bits per heavy atom. The molecule has 1 aromatic heterocycles. The Morgan fingerprint density at radius 1 is 1.00 bits per heavy atom. The van der Waals surface area contributed by atoms with E-state index < -0.39 is 34.0 Å². The monoisotopic (exact) mass is 574 g/mol. The first-order valence-corrected chi connectivity index (χ1v) is 13.0. The van der Waals surface area contributed by atoms with Crippen LogP contribution in [0, 0.1) is 0 Å². The summed E-state index contributed by atoms with van der Waals surface area (Å²) in [6, 6.07) is 16.4. The van der Waals surface area contributed by atoms with Crippen LogP contribution in [0.2, 0.25) is 5.02 Å². The van der Waals surface area contributed by atoms with E-state index >= 15 is 0 Å². The van der Waals surface area contributed by atoms with Gasteiger partial charge in [-0.25, -0.2) is 13.1 Å². The SMILES string of the molecule is O=C([O-])c1ccc(NS(=O)(=O)c2ccc(C3=C[C@H](c4ccc(Cl)cc4)n4nc(C(F)(F)F)nc4N3)cc2)cc1. The lowest BCUT2D eigenvalue weighted by molar-refractivity contribution is -0.255. The first-order chi connectivity index (χ1) is 18.4. The molecule has 0 aliphatic carbocycles. The number of nitrogens with one attached hydrogen (secondary N) is 2. The average molecular weight is 575 g/mol. The van der Waals surface area contributed by atoms with Crippen molar-refractivity contribution in [2.24, 2.45) is 0 Å². The van der Waals surface area contributed by atoms with Gasteiger partial charge in [0.2, 0.25) is 5.95 Å². The zero-order valence-corrected chi connectivity index (χ0v) is 21.1. The molecule has 39 heavy (non-hydrogen) atoms. The van der Waals surface area contributed by atoms with Crippen LogP contribution in [0.5, 0.6) is 0 Å². The number of anilines is 2. The number of alkyl halides is 3. The number of carboxylic acids is 1. The molecule has 0 fully saturated rings. The van der Waals surface area contributed by atoms with E-state index in [0.717, 1.165) is 4.68 Å². The van der Waals surface area contributed by atoms with Crippen LogP contribution in [0.15, 0.2) is 83.8 Å². The highest BCUT2D eigenvalue weighted by atomic mass is 35.5. The van der Waals surface area contributed by atoms with Gasteiger partial charge in [-0.3, -0.25) is 4.72 Å². The number of halogens is 4. The van der Waals surface area contributed by atoms with Crippen LogP contribution in [0.25, 0.3) is 5.70 Å². The molecule has 1 aliphatic rings. The highest BCUT2D eigenvalue weighted by molar-refractivity contribution is 7.92. The fourth-order valence-electron chi connectivity index (χ4n) is 3.88. The number of benzene rings is 3. The molecule has 3 aromatic carbocycles. The van der Waals surface area contributed by atoms with Crippen LogP contribution in [0.1, 0.15) is 33.4 Å². The third-order valence-electron chi connectivity index (χ3n) is 5.78. The number of carboxylic acid groups (broad SMARTS) is 1. The van der Waals surface area contributed by atoms with Crippen LogP contribution in [0.4, 0.5) is 24.8 Å². The number of hydrogen-bond donors (Lipinski definition) is 2. The zero-order valence-electron chi connectivity index (χ0n) is 19.5. The van der Waals surface area contributed by atoms with Gasteiger partial charge in [0.1, 0.15) is 6.04 Å². The number of carbonyl (C=O) groups is 1. The summed E-state index contributed by atoms with van der Waals surface area (Å²) in [6.45, 7) is 0. The summed E-state index contributed by atoms with van der Waals surface area (Å²) in [5.41, 5.74) is 1.51. The normalized spacial score (nSPS) is 15.2. The van der Waals surface area contributed by atoms with Crippen LogP contribution in [0.3, 0.4) is 0 Å². The Bertz CT molecular complexity index is 1690. The van der Waals surface area contributed by atoms with Crippen LogP contribution >= 0.6 is 11.6 Å². The summed E-state index contributed by atoms with van der Waals surface area (Å²) < 4.78 is 69.2. The molecule has 2 heterocycles. The van der Waals surface area contributed by atoms with E-state index in [1.807, 2.05) is 0 Å². The summed E-state index contributed by atoms with van der Waals surface area (Å²) in [5, 5.41) is 17.8. The minimum absolute atomic E-state index is 0.0941. The van der Waals surface area contributed by atoms with Crippen LogP contribution < -0.4 is 15.1 Å². The van der Waals surface area contributed by atoms with Gasteiger partial charge in [0.25, 0.3) is 15.8 Å². The van der Waals surface area contributed by atoms with Gasteiger partial charge in [0.05, 0.1) is 10.9 Å². The van der Waals surface area contributed by atoms with Gasteiger partial charge in [0.15, 0.2) is 0 Å². The highest BCUT2D eigenvalue weighted by Crippen LogP contribution is 2.36. The standard InChI is InChI=1S/C25H17ClF3N5O4S/c26-17-7-1-15(2-8-17)21-13-20(30-24-31-23(25(27,28)29)32-34(21)24)14-5-11-19(12-6-14)39(37,38)33-18-9-3-16(4-10-18)22(35)36/h1-13,21,33H,(H,35,36)(H,30,31,32)/p-1/t21-/m1/s1. The average Bonchev–Trinajstić information content (AvgIpc) is 3.34. The van der Waals surface area contributed by atoms with E-state index in [1.54, 1.807) is 30.3 Å². The van der Waals surface area contributed by atoms with E-state index in [9.17, 15) is 31.5 Å². The second-order valence-electron chi connectivity index (χ2n) is 8.40. The lowest BCUT2D eigenvalue weighted by Crippen LogP contribution is -2.22. The predicted molar refractivity (Wildman–Crippen MR) is 134 cm³/mol. The topological polar surface area (TPSA) is 129 Å². The Labute approximate surface area is 224 Å². The third-order valence-corrected chi connectivity index (χ3v) is 7.43. The zero-order chi connectivity index (χ0) is 27.9. The van der Waals surface area contributed by atoms with Crippen molar-refractivity contribution in [1.82, 2.24) is 14.8 Å². The summed E-state index contributed by atoms with van der Waals surface area (Å²) in [7, 11) is -4.03. The Hall–Kier alpha value is -4.36. The Balaban J connectivity index is 1.45. The molecular formula is C25H16ClF3N5O4S-. The van der Waals surface area contributed by atoms with Crippen molar-refractivity contribution >= 4 is 44.9 Å². The van der Waals surface area contributed by atoms with E-state index in [-0.39, 0.29) is 22.1 Å². The van der Waals surface area contributed by atoms with Gasteiger partial charge < -0.3 is 15.2 Å². The highest BCUT2D eigenvalue weighted by Gasteiger charge is 2.39. The van der Waals surface area contributed by atoms with Crippen LogP contribution in [-0.4, -0.2) is 29.2 Å². The molecule has 1 atom stereocenters. The van der Waals surface area contributed by atoms with Gasteiger partial charge in [-0.1, -0.05) is 48.0 Å². The number of fused-ring (bicyclic) bond motifs is 1. The molecule has 0 bridgehead atoms. The maximum atomic E-state index is 13.4. The van der Waals surface area contributed by atoms with Gasteiger partial charge >= 0.3 is 6.18 Å². The van der Waals surface area contributed by atoms with Crippen molar-refractivity contribution in [2.45, 2.75) is 17.1 Å². The molecular weight excluding hydrogens is 559 g/mol. The molecule has 0 saturated carbocycles. The minimum Gasteiger partial charge on any atom is -0.545 e. The summed E-state index contributed by atoms with van der Waals surface area (Å²) in [6.07, 6.45) is -3.11. The summed E-state index contributed by atoms with van der Waals surface area (Å²) >= 11 is 5.97. The fraction of sp³-hybridized carbons (Fsp3) is 0.0800. The maximum Gasteiger partial charge on any atom is 0.453 e. The first kappa shape index (κ1) is 26.3. The molecule has 9 nitrogen and oxygen atoms in total. The number of hydrogen-bond acceptors (Lipinski definition) is 7. The molecule has 0 unspecified atom stereocenters. The Kier molecular flexibility index (Phi) is 6.56. The quantitative estimate of drug-likeness (QED) is 0.353. The van der Waals surface area contributed by atoms with Crippen molar-refractivity contribution in [1.29, 1.82) is 0 Å². The second kappa shape index (κ2) is 9.75. The van der Waals surface area contributed by atoms with Gasteiger partial charge in [-0.2, -0.15) is 18.2 Å². The van der Waals surface area contributed by atoms with Crippen molar-refractivity contribution in [3.05, 3.63) is 106 Å². The predicted octanol–water partition coefficient (Wildman–Crippen LogP) is 4.17. The fourth-order valence-corrected chi connectivity index (χ4v) is 5.07. The van der Waals surface area contributed by atoms with E-state index in [1.165, 1.54) is 48.5 Å². The van der Waals surface area contributed by atoms with Gasteiger partial charge in [0, 0.05) is 16.4 Å². The molecule has 4 aromatic rings. The van der Waals surface area contributed by atoms with Crippen LogP contribution in [-0.2, 0) is 16.2 Å². The molecule has 2 N–H and O–H groups in total. The second-order valence-corrected chi connectivity index (χ2v) is 10.5. The van der Waals surface area contributed by atoms with Crippen molar-refractivity contribution in [3.63, 3.8) is 0 Å². The van der Waals surface area contributed by atoms with E-state index in [4.69, 9.17) is 11.6 Å². The number of sulfonamides is 1. The number of aromatic nitrogens is 3. The van der Waals surface area contributed by atoms with Gasteiger partial charge in [-0.15, -0.1) is 5.10 Å². The lowest BCUT2D eigenvalue weighted by Gasteiger charge is -2.24. The molecule has 0 spiro atoms. The third kappa shape index (κ3) is 5.45. The summed E-state index contributed by atoms with van der Waals surface area (Å²) in [4.78, 5) is 14.4. The number of allylic oxidation sites excluding steroid dienone is 1. The van der Waals surface area contributed by atoms with Gasteiger partial charge in [-0.05, 0) is 59.2 Å². The molecule has 5 rings (SSSR count). The first-order valence-electron chi connectivity index (χ1n) is 11.1. The molecule has 1 aliphatic heterocycles. The summed E-state index contributed by atoms with van der Waals surface area (Å²) in [5.74, 6) is -2.84. The number of rotatable bonds is 6. The molecule has 0 saturated heterocycles. The van der Waals surface area contributed by atoms with Crippen molar-refractivity contribution < 1.29 is 31.5 Å². The molecule has 14 heteroatoms. The van der Waals surface area contributed by atoms with E-state index in [2.05, 4.69) is 20.1 Å². The minimum atomic E-state index is -4.76. The number of aromatic carboxylic acids is 1. The number of nitrogens with zero attached hydrogens (tertiary/aromatic N) is 3. The Morgan fingerprint density at radius 2 is 1.64 bits per heavy atom. The molecule has 0 radical (unpaired) electrons. The number of carbonyl (C=O) groups excluding carboxylic acids is 1. The van der Waals surface area contributed by atoms with Crippen molar-refractivity contribution in [3.8, 4) is 0 Å². The molecule has 200 valence electrons. The largest absolute Gasteiger partial charge is 0.545 e. The molecule has 0 amide bonds. The maximum absolute atomic E-state index is 13.4. The smallest absolute Gasteiger partial charge is 0.453 e. The lowest BCUT2D eigenvalue weighted by atomic mass is 10.0. The van der Waals surface area contributed by atoms with E-state index in [0.29, 0.717) is 21.8 Å². The van der Waals surface area contributed by atoms with Crippen molar-refractivity contribution in [2.75, 3.05) is 10.0 Å².